The van der Waals surface area contributed by atoms with Crippen molar-refractivity contribution in [2.24, 2.45) is 0 Å². The molecule has 5 aromatic rings. The molecule has 0 fully saturated rings. The van der Waals surface area contributed by atoms with E-state index in [0.29, 0.717) is 23.0 Å². The number of benzene rings is 3. The van der Waals surface area contributed by atoms with Gasteiger partial charge in [0.05, 0.1) is 22.2 Å². The lowest BCUT2D eigenvalue weighted by Gasteiger charge is -2.13. The number of hydrogen-bond donors (Lipinski definition) is 2. The molecule has 0 unspecified atom stereocenters. The van der Waals surface area contributed by atoms with E-state index in [0.717, 1.165) is 32.8 Å². The fourth-order valence-electron chi connectivity index (χ4n) is 3.86. The quantitative estimate of drug-likeness (QED) is 0.205. The molecule has 0 saturated carbocycles. The van der Waals surface area contributed by atoms with Gasteiger partial charge >= 0.3 is 0 Å². The predicted molar refractivity (Wildman–Crippen MR) is 151 cm³/mol. The van der Waals surface area contributed by atoms with Crippen molar-refractivity contribution in [1.29, 1.82) is 0 Å². The average Bonchev–Trinajstić information content (AvgIpc) is 3.29. The predicted octanol–water partition coefficient (Wildman–Crippen LogP) is 6.84. The van der Waals surface area contributed by atoms with Crippen LogP contribution in [0.1, 0.15) is 5.56 Å². The standard InChI is InChI=1S/C27H22BrClN4O3S/c1-36-20-5-4-6-21(15-20)37(34,35)32-19-11-9-18(10-12-19)17-30-26-16-25(22-7-2-3-8-24(22)29)31-27-23(28)13-14-33(26)27/h2-16,30,32H,17H2,1H3. The minimum Gasteiger partial charge on any atom is -0.497 e. The maximum Gasteiger partial charge on any atom is 0.262 e. The summed E-state index contributed by atoms with van der Waals surface area (Å²) in [6.07, 6.45) is 1.93. The molecule has 0 aliphatic rings. The Bertz CT molecular complexity index is 1690. The lowest BCUT2D eigenvalue weighted by molar-refractivity contribution is 0.413. The Labute approximate surface area is 228 Å². The van der Waals surface area contributed by atoms with E-state index in [4.69, 9.17) is 21.3 Å². The van der Waals surface area contributed by atoms with E-state index in [-0.39, 0.29) is 4.90 Å². The molecule has 7 nitrogen and oxygen atoms in total. The van der Waals surface area contributed by atoms with Crippen molar-refractivity contribution in [3.05, 3.63) is 106 Å². The van der Waals surface area contributed by atoms with Gasteiger partial charge in [0.25, 0.3) is 10.0 Å². The third-order valence-corrected chi connectivity index (χ3v) is 8.08. The maximum atomic E-state index is 12.8. The highest BCUT2D eigenvalue weighted by atomic mass is 79.9. The van der Waals surface area contributed by atoms with Gasteiger partial charge in [-0.2, -0.15) is 0 Å². The van der Waals surface area contributed by atoms with Crippen LogP contribution in [0.15, 0.2) is 100 Å². The summed E-state index contributed by atoms with van der Waals surface area (Å²) in [4.78, 5) is 4.91. The smallest absolute Gasteiger partial charge is 0.262 e. The normalized spacial score (nSPS) is 11.4. The van der Waals surface area contributed by atoms with Gasteiger partial charge in [-0.05, 0) is 57.9 Å². The van der Waals surface area contributed by atoms with Crippen LogP contribution in [0.2, 0.25) is 5.02 Å². The molecule has 10 heteroatoms. The number of nitrogens with zero attached hydrogens (tertiary/aromatic N) is 2. The Morgan fingerprint density at radius 2 is 1.78 bits per heavy atom. The number of halogens is 2. The van der Waals surface area contributed by atoms with E-state index in [9.17, 15) is 8.42 Å². The number of ether oxygens (including phenoxy) is 1. The number of anilines is 2. The van der Waals surface area contributed by atoms with Crippen molar-refractivity contribution in [2.75, 3.05) is 17.1 Å². The van der Waals surface area contributed by atoms with Crippen molar-refractivity contribution < 1.29 is 13.2 Å². The molecule has 2 aromatic heterocycles. The summed E-state index contributed by atoms with van der Waals surface area (Å²) in [5.41, 5.74) is 3.80. The Kier molecular flexibility index (Phi) is 7.10. The molecule has 37 heavy (non-hydrogen) atoms. The molecule has 188 valence electrons. The molecular formula is C27H22BrClN4O3S. The lowest BCUT2D eigenvalue weighted by atomic mass is 10.1. The van der Waals surface area contributed by atoms with Gasteiger partial charge in [0.1, 0.15) is 11.6 Å². The highest BCUT2D eigenvalue weighted by molar-refractivity contribution is 9.10. The first-order valence-electron chi connectivity index (χ1n) is 11.3. The second kappa shape index (κ2) is 10.5. The van der Waals surface area contributed by atoms with Crippen LogP contribution in [-0.4, -0.2) is 24.9 Å². The fraction of sp³-hybridized carbons (Fsp3) is 0.0741. The van der Waals surface area contributed by atoms with Crippen LogP contribution >= 0.6 is 27.5 Å². The van der Waals surface area contributed by atoms with Crippen LogP contribution in [0, 0.1) is 0 Å². The summed E-state index contributed by atoms with van der Waals surface area (Å²) in [6, 6.07) is 25.0. The van der Waals surface area contributed by atoms with Crippen LogP contribution in [0.25, 0.3) is 16.9 Å². The molecule has 0 radical (unpaired) electrons. The van der Waals surface area contributed by atoms with E-state index < -0.39 is 10.0 Å². The summed E-state index contributed by atoms with van der Waals surface area (Å²) in [5.74, 6) is 1.32. The number of methoxy groups -OCH3 is 1. The molecule has 0 saturated heterocycles. The topological polar surface area (TPSA) is 84.7 Å². The van der Waals surface area contributed by atoms with E-state index in [1.54, 1.807) is 24.3 Å². The number of sulfonamides is 1. The number of fused-ring (bicyclic) bond motifs is 1. The van der Waals surface area contributed by atoms with E-state index in [1.165, 1.54) is 19.2 Å². The van der Waals surface area contributed by atoms with Gasteiger partial charge < -0.3 is 10.1 Å². The van der Waals surface area contributed by atoms with Crippen LogP contribution in [-0.2, 0) is 16.6 Å². The first-order chi connectivity index (χ1) is 17.8. The second-order valence-corrected chi connectivity index (χ2v) is 11.1. The molecule has 0 amide bonds. The first-order valence-corrected chi connectivity index (χ1v) is 13.9. The van der Waals surface area contributed by atoms with Crippen LogP contribution in [0.4, 0.5) is 11.5 Å². The Hall–Kier alpha value is -3.53. The Balaban J connectivity index is 1.35. The molecular weight excluding hydrogens is 576 g/mol. The molecule has 2 N–H and O–H groups in total. The van der Waals surface area contributed by atoms with Gasteiger partial charge in [0.15, 0.2) is 5.65 Å². The van der Waals surface area contributed by atoms with Gasteiger partial charge in [0, 0.05) is 41.1 Å². The largest absolute Gasteiger partial charge is 0.497 e. The fourth-order valence-corrected chi connectivity index (χ4v) is 5.58. The molecule has 0 aliphatic heterocycles. The minimum absolute atomic E-state index is 0.131. The Morgan fingerprint density at radius 1 is 1.00 bits per heavy atom. The molecule has 5 rings (SSSR count). The highest BCUT2D eigenvalue weighted by Gasteiger charge is 2.15. The SMILES string of the molecule is COc1cccc(S(=O)(=O)Nc2ccc(CNc3cc(-c4ccccc4Cl)nc4c(Br)ccn34)cc2)c1. The molecule has 2 heterocycles. The zero-order chi connectivity index (χ0) is 26.0. The Morgan fingerprint density at radius 3 is 2.54 bits per heavy atom. The van der Waals surface area contributed by atoms with Gasteiger partial charge in [0.2, 0.25) is 0 Å². The van der Waals surface area contributed by atoms with Crippen molar-refractivity contribution >= 4 is 54.7 Å². The minimum atomic E-state index is -3.74. The molecule has 0 atom stereocenters. The van der Waals surface area contributed by atoms with Crippen molar-refractivity contribution in [3.8, 4) is 17.0 Å². The maximum absolute atomic E-state index is 12.8. The first kappa shape index (κ1) is 25.1. The second-order valence-electron chi connectivity index (χ2n) is 8.20. The molecule has 0 aliphatic carbocycles. The summed E-state index contributed by atoms with van der Waals surface area (Å²) < 4.78 is 36.1. The van der Waals surface area contributed by atoms with E-state index >= 15 is 0 Å². The lowest BCUT2D eigenvalue weighted by Crippen LogP contribution is -2.13. The zero-order valence-corrected chi connectivity index (χ0v) is 22.8. The highest BCUT2D eigenvalue weighted by Crippen LogP contribution is 2.31. The number of hydrogen-bond acceptors (Lipinski definition) is 5. The third kappa shape index (κ3) is 5.44. The number of nitrogens with one attached hydrogen (secondary N) is 2. The van der Waals surface area contributed by atoms with Gasteiger partial charge in [-0.15, -0.1) is 0 Å². The van der Waals surface area contributed by atoms with E-state index in [2.05, 4.69) is 26.0 Å². The van der Waals surface area contributed by atoms with Crippen LogP contribution < -0.4 is 14.8 Å². The third-order valence-electron chi connectivity index (χ3n) is 5.75. The van der Waals surface area contributed by atoms with Crippen molar-refractivity contribution in [3.63, 3.8) is 0 Å². The van der Waals surface area contributed by atoms with Gasteiger partial charge in [-0.3, -0.25) is 9.12 Å². The van der Waals surface area contributed by atoms with Gasteiger partial charge in [-0.25, -0.2) is 13.4 Å². The van der Waals surface area contributed by atoms with Gasteiger partial charge in [-0.1, -0.05) is 48.0 Å². The molecule has 0 bridgehead atoms. The number of rotatable bonds is 8. The number of aromatic nitrogens is 2. The summed E-state index contributed by atoms with van der Waals surface area (Å²) in [7, 11) is -2.25. The zero-order valence-electron chi connectivity index (χ0n) is 19.7. The van der Waals surface area contributed by atoms with Crippen LogP contribution in [0.5, 0.6) is 5.75 Å². The summed E-state index contributed by atoms with van der Waals surface area (Å²) in [6.45, 7) is 0.514. The average molecular weight is 598 g/mol. The van der Waals surface area contributed by atoms with Crippen molar-refractivity contribution in [2.45, 2.75) is 11.4 Å². The van der Waals surface area contributed by atoms with Crippen molar-refractivity contribution in [1.82, 2.24) is 9.38 Å². The monoisotopic (exact) mass is 596 g/mol. The summed E-state index contributed by atoms with van der Waals surface area (Å²) >= 11 is 10.0. The molecule has 3 aromatic carbocycles. The molecule has 0 spiro atoms. The summed E-state index contributed by atoms with van der Waals surface area (Å²) in [5, 5.41) is 4.08. The van der Waals surface area contributed by atoms with Crippen LogP contribution in [0.3, 0.4) is 0 Å². The van der Waals surface area contributed by atoms with E-state index in [1.807, 2.05) is 59.1 Å².